The van der Waals surface area contributed by atoms with Crippen LogP contribution < -0.4 is 4.90 Å². The van der Waals surface area contributed by atoms with Gasteiger partial charge in [-0.05, 0) is 23.8 Å². The number of hydrogen-bond acceptors (Lipinski definition) is 6. The third-order valence-electron chi connectivity index (χ3n) is 4.26. The smallest absolute Gasteiger partial charge is 0.270 e. The number of nitrogens with zero attached hydrogens (tertiary/aromatic N) is 3. The minimum absolute atomic E-state index is 0.0744. The second kappa shape index (κ2) is 8.25. The van der Waals surface area contributed by atoms with Gasteiger partial charge >= 0.3 is 0 Å². The van der Waals surface area contributed by atoms with Gasteiger partial charge in [-0.15, -0.1) is 0 Å². The number of carbonyl (C=O) groups is 1. The molecule has 0 spiro atoms. The summed E-state index contributed by atoms with van der Waals surface area (Å²) in [6.45, 7) is 3.03. The zero-order valence-electron chi connectivity index (χ0n) is 14.5. The molecule has 0 aliphatic carbocycles. The Morgan fingerprint density at radius 3 is 2.52 bits per heavy atom. The first-order valence-corrected chi connectivity index (χ1v) is 8.42. The van der Waals surface area contributed by atoms with E-state index in [0.717, 1.165) is 18.8 Å². The van der Waals surface area contributed by atoms with E-state index in [9.17, 15) is 20.2 Å². The number of nitriles is 1. The topological polar surface area (TPSA) is 96.5 Å². The fourth-order valence-corrected chi connectivity index (χ4v) is 2.83. The SMILES string of the molecule is N#C/C(=C/c1ccc(N2CCOCC2)cc1)C(=O)c1cccc([N+](=O)[O-])c1. The van der Waals surface area contributed by atoms with Crippen LogP contribution in [0.2, 0.25) is 0 Å². The Kier molecular flexibility index (Phi) is 5.59. The van der Waals surface area contributed by atoms with Crippen molar-refractivity contribution in [1.29, 1.82) is 5.26 Å². The van der Waals surface area contributed by atoms with Crippen molar-refractivity contribution in [2.24, 2.45) is 0 Å². The highest BCUT2D eigenvalue weighted by Gasteiger charge is 2.16. The number of ether oxygens (including phenoxy) is 1. The van der Waals surface area contributed by atoms with Gasteiger partial charge in [-0.25, -0.2) is 0 Å². The molecular weight excluding hydrogens is 346 g/mol. The van der Waals surface area contributed by atoms with E-state index in [-0.39, 0.29) is 16.8 Å². The summed E-state index contributed by atoms with van der Waals surface area (Å²) in [6.07, 6.45) is 1.49. The Bertz CT molecular complexity index is 923. The van der Waals surface area contributed by atoms with Gasteiger partial charge in [-0.1, -0.05) is 24.3 Å². The van der Waals surface area contributed by atoms with Crippen molar-refractivity contribution in [3.63, 3.8) is 0 Å². The number of ketones is 1. The van der Waals surface area contributed by atoms with E-state index in [1.807, 2.05) is 30.3 Å². The van der Waals surface area contributed by atoms with Crippen LogP contribution in [0.4, 0.5) is 11.4 Å². The molecule has 1 fully saturated rings. The highest BCUT2D eigenvalue weighted by Crippen LogP contribution is 2.20. The summed E-state index contributed by atoms with van der Waals surface area (Å²) < 4.78 is 5.34. The highest BCUT2D eigenvalue weighted by atomic mass is 16.6. The Labute approximate surface area is 156 Å². The molecule has 0 radical (unpaired) electrons. The van der Waals surface area contributed by atoms with E-state index >= 15 is 0 Å². The van der Waals surface area contributed by atoms with Gasteiger partial charge in [0, 0.05) is 36.5 Å². The van der Waals surface area contributed by atoms with Crippen molar-refractivity contribution < 1.29 is 14.5 Å². The lowest BCUT2D eigenvalue weighted by Crippen LogP contribution is -2.36. The first-order valence-electron chi connectivity index (χ1n) is 8.42. The molecule has 0 amide bonds. The van der Waals surface area contributed by atoms with Gasteiger partial charge in [0.2, 0.25) is 5.78 Å². The first-order chi connectivity index (χ1) is 13.1. The number of nitro groups is 1. The maximum absolute atomic E-state index is 12.5. The lowest BCUT2D eigenvalue weighted by Gasteiger charge is -2.28. The van der Waals surface area contributed by atoms with Gasteiger partial charge in [0.25, 0.3) is 5.69 Å². The van der Waals surface area contributed by atoms with Gasteiger partial charge in [0.05, 0.1) is 18.1 Å². The van der Waals surface area contributed by atoms with Crippen molar-refractivity contribution in [2.75, 3.05) is 31.2 Å². The van der Waals surface area contributed by atoms with Crippen LogP contribution in [0.25, 0.3) is 6.08 Å². The van der Waals surface area contributed by atoms with Crippen molar-refractivity contribution in [1.82, 2.24) is 0 Å². The van der Waals surface area contributed by atoms with Crippen LogP contribution in [0.5, 0.6) is 0 Å². The minimum Gasteiger partial charge on any atom is -0.378 e. The largest absolute Gasteiger partial charge is 0.378 e. The number of allylic oxidation sites excluding steroid dienone is 1. The van der Waals surface area contributed by atoms with Crippen LogP contribution in [0.15, 0.2) is 54.1 Å². The van der Waals surface area contributed by atoms with Gasteiger partial charge in [-0.3, -0.25) is 14.9 Å². The van der Waals surface area contributed by atoms with Crippen LogP contribution in [-0.2, 0) is 4.74 Å². The number of morpholine rings is 1. The molecule has 2 aromatic carbocycles. The Hall–Kier alpha value is -3.50. The van der Waals surface area contributed by atoms with Crippen LogP contribution in [-0.4, -0.2) is 37.0 Å². The Balaban J connectivity index is 1.81. The fourth-order valence-electron chi connectivity index (χ4n) is 2.83. The number of benzene rings is 2. The van der Waals surface area contributed by atoms with E-state index in [4.69, 9.17) is 4.74 Å². The molecule has 0 unspecified atom stereocenters. The number of non-ortho nitro benzene ring substituents is 1. The number of carbonyl (C=O) groups excluding carboxylic acids is 1. The maximum Gasteiger partial charge on any atom is 0.270 e. The van der Waals surface area contributed by atoms with Crippen molar-refractivity contribution in [2.45, 2.75) is 0 Å². The average molecular weight is 363 g/mol. The van der Waals surface area contributed by atoms with E-state index in [1.54, 1.807) is 0 Å². The molecule has 136 valence electrons. The molecule has 7 heteroatoms. The molecule has 1 heterocycles. The van der Waals surface area contributed by atoms with Crippen molar-refractivity contribution in [3.05, 3.63) is 75.3 Å². The van der Waals surface area contributed by atoms with E-state index in [2.05, 4.69) is 4.90 Å². The molecule has 0 aromatic heterocycles. The van der Waals surface area contributed by atoms with Gasteiger partial charge < -0.3 is 9.64 Å². The molecule has 0 N–H and O–H groups in total. The van der Waals surface area contributed by atoms with Crippen LogP contribution >= 0.6 is 0 Å². The molecule has 1 aliphatic heterocycles. The number of hydrogen-bond donors (Lipinski definition) is 0. The summed E-state index contributed by atoms with van der Waals surface area (Å²) in [5, 5.41) is 20.2. The van der Waals surface area contributed by atoms with Crippen LogP contribution in [0, 0.1) is 21.4 Å². The predicted octanol–water partition coefficient (Wildman–Crippen LogP) is 3.22. The molecule has 0 atom stereocenters. The number of Topliss-reactive ketones (excluding diaryl/α,β-unsaturated/α-hetero) is 1. The first kappa shape index (κ1) is 18.3. The number of nitro benzene ring substituents is 1. The van der Waals surface area contributed by atoms with Gasteiger partial charge in [0.1, 0.15) is 11.6 Å². The molecule has 0 bridgehead atoms. The molecule has 2 aromatic rings. The molecule has 0 saturated carbocycles. The zero-order valence-corrected chi connectivity index (χ0v) is 14.5. The molecule has 27 heavy (non-hydrogen) atoms. The quantitative estimate of drug-likeness (QED) is 0.266. The third-order valence-corrected chi connectivity index (χ3v) is 4.26. The van der Waals surface area contributed by atoms with Gasteiger partial charge in [0.15, 0.2) is 0 Å². The fraction of sp³-hybridized carbons (Fsp3) is 0.200. The second-order valence-corrected chi connectivity index (χ2v) is 6.00. The second-order valence-electron chi connectivity index (χ2n) is 6.00. The van der Waals surface area contributed by atoms with E-state index in [0.29, 0.717) is 18.8 Å². The highest BCUT2D eigenvalue weighted by molar-refractivity contribution is 6.14. The number of rotatable bonds is 5. The summed E-state index contributed by atoms with van der Waals surface area (Å²) in [5.74, 6) is -0.543. The molecule has 3 rings (SSSR count). The molecular formula is C20H17N3O4. The summed E-state index contributed by atoms with van der Waals surface area (Å²) in [6, 6.07) is 14.8. The third kappa shape index (κ3) is 4.37. The van der Waals surface area contributed by atoms with Gasteiger partial charge in [-0.2, -0.15) is 5.26 Å². The predicted molar refractivity (Wildman–Crippen MR) is 100 cm³/mol. The summed E-state index contributed by atoms with van der Waals surface area (Å²) in [5.41, 5.74) is 1.62. The Morgan fingerprint density at radius 1 is 1.19 bits per heavy atom. The molecule has 1 aliphatic rings. The van der Waals surface area contributed by atoms with E-state index in [1.165, 1.54) is 30.3 Å². The van der Waals surface area contributed by atoms with Crippen molar-refractivity contribution in [3.8, 4) is 6.07 Å². The monoisotopic (exact) mass is 363 g/mol. The zero-order chi connectivity index (χ0) is 19.2. The van der Waals surface area contributed by atoms with Crippen molar-refractivity contribution >= 4 is 23.2 Å². The van der Waals surface area contributed by atoms with Crippen LogP contribution in [0.1, 0.15) is 15.9 Å². The average Bonchev–Trinajstić information content (AvgIpc) is 2.72. The standard InChI is InChI=1S/C20H17N3O4/c21-14-17(20(24)16-2-1-3-19(13-16)23(25)26)12-15-4-6-18(7-5-15)22-8-10-27-11-9-22/h1-7,12-13H,8-11H2/b17-12-. The molecule has 7 nitrogen and oxygen atoms in total. The number of anilines is 1. The minimum atomic E-state index is -0.573. The van der Waals surface area contributed by atoms with E-state index < -0.39 is 10.7 Å². The Morgan fingerprint density at radius 2 is 1.89 bits per heavy atom. The maximum atomic E-state index is 12.5. The summed E-state index contributed by atoms with van der Waals surface area (Å²) >= 11 is 0. The summed E-state index contributed by atoms with van der Waals surface area (Å²) in [4.78, 5) is 25.0. The molecule has 1 saturated heterocycles. The van der Waals surface area contributed by atoms with Crippen LogP contribution in [0.3, 0.4) is 0 Å². The normalized spacial score (nSPS) is 14.5. The lowest BCUT2D eigenvalue weighted by molar-refractivity contribution is -0.384. The lowest BCUT2D eigenvalue weighted by atomic mass is 10.0. The summed E-state index contributed by atoms with van der Waals surface area (Å²) in [7, 11) is 0.